The predicted octanol–water partition coefficient (Wildman–Crippen LogP) is 2.65. The Morgan fingerprint density at radius 1 is 1.80 bits per heavy atom. The maximum atomic E-state index is 8.36. The highest BCUT2D eigenvalue weighted by Crippen LogP contribution is 2.31. The van der Waals surface area contributed by atoms with Crippen molar-refractivity contribution in [3.8, 4) is 6.07 Å². The molecule has 1 heteroatoms. The average Bonchev–Trinajstić information content (AvgIpc) is 2.37. The third-order valence-electron chi connectivity index (χ3n) is 2.27. The highest BCUT2D eigenvalue weighted by atomic mass is 14.2. The molecule has 0 amide bonds. The van der Waals surface area contributed by atoms with Crippen LogP contribution in [0, 0.1) is 17.2 Å². The molecule has 0 aliphatic heterocycles. The van der Waals surface area contributed by atoms with E-state index in [4.69, 9.17) is 5.26 Å². The monoisotopic (exact) mass is 135 g/mol. The molecule has 0 saturated heterocycles. The molecule has 1 fully saturated rings. The molecule has 54 valence electrons. The van der Waals surface area contributed by atoms with Crippen LogP contribution in [0.4, 0.5) is 0 Å². The summed E-state index contributed by atoms with van der Waals surface area (Å²) in [5.41, 5.74) is 1.36. The number of hydrogen-bond donors (Lipinski definition) is 0. The van der Waals surface area contributed by atoms with Crippen LogP contribution in [0.2, 0.25) is 0 Å². The van der Waals surface area contributed by atoms with Crippen molar-refractivity contribution in [3.63, 3.8) is 0 Å². The van der Waals surface area contributed by atoms with Gasteiger partial charge in [-0.3, -0.25) is 0 Å². The van der Waals surface area contributed by atoms with Gasteiger partial charge in [-0.05, 0) is 25.2 Å². The molecule has 0 aromatic carbocycles. The van der Waals surface area contributed by atoms with Gasteiger partial charge in [0.1, 0.15) is 0 Å². The van der Waals surface area contributed by atoms with Gasteiger partial charge in [0, 0.05) is 6.08 Å². The number of hydrogen-bond acceptors (Lipinski definition) is 1. The van der Waals surface area contributed by atoms with E-state index in [0.717, 1.165) is 12.3 Å². The molecule has 0 radical (unpaired) electrons. The van der Waals surface area contributed by atoms with Gasteiger partial charge < -0.3 is 0 Å². The largest absolute Gasteiger partial charge is 0.193 e. The molecule has 0 spiro atoms. The second-order valence-corrected chi connectivity index (χ2v) is 2.95. The molecular weight excluding hydrogens is 122 g/mol. The lowest BCUT2D eigenvalue weighted by atomic mass is 10.1. The fourth-order valence-electron chi connectivity index (χ4n) is 1.54. The van der Waals surface area contributed by atoms with Gasteiger partial charge in [0.2, 0.25) is 0 Å². The summed E-state index contributed by atoms with van der Waals surface area (Å²) >= 11 is 0. The minimum Gasteiger partial charge on any atom is -0.193 e. The quantitative estimate of drug-likeness (QED) is 0.507. The van der Waals surface area contributed by atoms with Gasteiger partial charge in [0.05, 0.1) is 6.07 Å². The molecule has 0 bridgehead atoms. The van der Waals surface area contributed by atoms with E-state index in [1.807, 2.05) is 0 Å². The zero-order chi connectivity index (χ0) is 7.40. The highest BCUT2D eigenvalue weighted by molar-refractivity contribution is 5.16. The van der Waals surface area contributed by atoms with Crippen LogP contribution < -0.4 is 0 Å². The zero-order valence-corrected chi connectivity index (χ0v) is 6.43. The van der Waals surface area contributed by atoms with Crippen molar-refractivity contribution in [3.05, 3.63) is 11.6 Å². The molecule has 0 N–H and O–H groups in total. The van der Waals surface area contributed by atoms with Crippen LogP contribution in [-0.4, -0.2) is 0 Å². The van der Waals surface area contributed by atoms with Crippen molar-refractivity contribution in [2.24, 2.45) is 5.92 Å². The molecule has 0 aromatic heterocycles. The first-order valence-corrected chi connectivity index (χ1v) is 3.94. The van der Waals surface area contributed by atoms with E-state index in [9.17, 15) is 0 Å². The van der Waals surface area contributed by atoms with Crippen LogP contribution in [0.25, 0.3) is 0 Å². The predicted molar refractivity (Wildman–Crippen MR) is 41.3 cm³/mol. The van der Waals surface area contributed by atoms with Crippen LogP contribution in [0.5, 0.6) is 0 Å². The van der Waals surface area contributed by atoms with E-state index in [2.05, 4.69) is 13.0 Å². The van der Waals surface area contributed by atoms with Crippen molar-refractivity contribution < 1.29 is 0 Å². The molecular formula is C9H13N. The minimum atomic E-state index is 0.861. The molecule has 1 rings (SSSR count). The third kappa shape index (κ3) is 1.60. The topological polar surface area (TPSA) is 23.8 Å². The number of nitrogens with zero attached hydrogens (tertiary/aromatic N) is 1. The molecule has 1 aliphatic carbocycles. The van der Waals surface area contributed by atoms with E-state index >= 15 is 0 Å². The molecule has 10 heavy (non-hydrogen) atoms. The van der Waals surface area contributed by atoms with Crippen LogP contribution in [0.15, 0.2) is 11.6 Å². The first-order chi connectivity index (χ1) is 4.86. The summed E-state index contributed by atoms with van der Waals surface area (Å²) in [7, 11) is 0. The summed E-state index contributed by atoms with van der Waals surface area (Å²) in [6, 6.07) is 2.09. The van der Waals surface area contributed by atoms with E-state index in [-0.39, 0.29) is 0 Å². The second-order valence-electron chi connectivity index (χ2n) is 2.95. The molecule has 0 heterocycles. The first kappa shape index (κ1) is 7.34. The maximum Gasteiger partial charge on any atom is 0.0911 e. The summed E-state index contributed by atoms with van der Waals surface area (Å²) in [4.78, 5) is 0. The Kier molecular flexibility index (Phi) is 2.50. The van der Waals surface area contributed by atoms with Crippen LogP contribution in [0.3, 0.4) is 0 Å². The van der Waals surface area contributed by atoms with Crippen LogP contribution in [-0.2, 0) is 0 Å². The van der Waals surface area contributed by atoms with Crippen molar-refractivity contribution >= 4 is 0 Å². The lowest BCUT2D eigenvalue weighted by molar-refractivity contribution is 0.538. The molecule has 1 saturated carbocycles. The Hall–Kier alpha value is -0.770. The number of allylic oxidation sites excluding steroid dienone is 2. The van der Waals surface area contributed by atoms with Gasteiger partial charge in [0.15, 0.2) is 0 Å². The molecule has 1 aliphatic rings. The van der Waals surface area contributed by atoms with Gasteiger partial charge in [-0.2, -0.15) is 5.26 Å². The fourth-order valence-corrected chi connectivity index (χ4v) is 1.54. The Bertz CT molecular complexity index is 174. The third-order valence-corrected chi connectivity index (χ3v) is 2.27. The van der Waals surface area contributed by atoms with Crippen molar-refractivity contribution in [2.75, 3.05) is 0 Å². The molecule has 1 atom stereocenters. The van der Waals surface area contributed by atoms with Gasteiger partial charge in [-0.15, -0.1) is 0 Å². The smallest absolute Gasteiger partial charge is 0.0911 e. The van der Waals surface area contributed by atoms with Crippen LogP contribution >= 0.6 is 0 Å². The summed E-state index contributed by atoms with van der Waals surface area (Å²) in [6.45, 7) is 2.22. The van der Waals surface area contributed by atoms with Gasteiger partial charge >= 0.3 is 0 Å². The molecule has 1 unspecified atom stereocenters. The van der Waals surface area contributed by atoms with Crippen molar-refractivity contribution in [1.82, 2.24) is 0 Å². The van der Waals surface area contributed by atoms with E-state index in [1.165, 1.54) is 24.8 Å². The van der Waals surface area contributed by atoms with E-state index < -0.39 is 0 Å². The Labute approximate surface area is 62.4 Å². The lowest BCUT2D eigenvalue weighted by Gasteiger charge is -2.00. The Morgan fingerprint density at radius 3 is 3.10 bits per heavy atom. The summed E-state index contributed by atoms with van der Waals surface area (Å²) < 4.78 is 0. The van der Waals surface area contributed by atoms with Crippen LogP contribution in [0.1, 0.15) is 32.6 Å². The minimum absolute atomic E-state index is 0.861. The van der Waals surface area contributed by atoms with Gasteiger partial charge in [-0.1, -0.05) is 18.9 Å². The average molecular weight is 135 g/mol. The SMILES string of the molecule is CCC1CC/C(=C/C#N)C1. The Morgan fingerprint density at radius 2 is 2.60 bits per heavy atom. The standard InChI is InChI=1S/C9H13N/c1-2-8-3-4-9(7-8)5-6-10/h5,8H,2-4,7H2,1H3/b9-5-. The van der Waals surface area contributed by atoms with Crippen molar-refractivity contribution in [1.29, 1.82) is 5.26 Å². The molecule has 1 nitrogen and oxygen atoms in total. The van der Waals surface area contributed by atoms with Crippen molar-refractivity contribution in [2.45, 2.75) is 32.6 Å². The number of nitriles is 1. The summed E-state index contributed by atoms with van der Waals surface area (Å²) in [6.07, 6.45) is 6.61. The summed E-state index contributed by atoms with van der Waals surface area (Å²) in [5, 5.41) is 8.36. The Balaban J connectivity index is 2.44. The number of rotatable bonds is 1. The first-order valence-electron chi connectivity index (χ1n) is 3.94. The van der Waals surface area contributed by atoms with Gasteiger partial charge in [-0.25, -0.2) is 0 Å². The normalized spacial score (nSPS) is 28.8. The maximum absolute atomic E-state index is 8.36. The zero-order valence-electron chi connectivity index (χ0n) is 6.43. The lowest BCUT2D eigenvalue weighted by Crippen LogP contribution is -1.87. The highest BCUT2D eigenvalue weighted by Gasteiger charge is 2.16. The second kappa shape index (κ2) is 3.41. The fraction of sp³-hybridized carbons (Fsp3) is 0.667. The van der Waals surface area contributed by atoms with Gasteiger partial charge in [0.25, 0.3) is 0 Å². The van der Waals surface area contributed by atoms with E-state index in [0.29, 0.717) is 0 Å². The molecule has 0 aromatic rings. The summed E-state index contributed by atoms with van der Waals surface area (Å²) in [5.74, 6) is 0.861. The van der Waals surface area contributed by atoms with E-state index in [1.54, 1.807) is 6.08 Å².